The van der Waals surface area contributed by atoms with Gasteiger partial charge in [-0.25, -0.2) is 8.42 Å². The highest BCUT2D eigenvalue weighted by atomic mass is 79.9. The van der Waals surface area contributed by atoms with E-state index in [1.54, 1.807) is 36.4 Å². The molecule has 10 heteroatoms. The molecular weight excluding hydrogens is 482 g/mol. The second-order valence-corrected chi connectivity index (χ2v) is 8.86. The third-order valence-corrected chi connectivity index (χ3v) is 6.04. The van der Waals surface area contributed by atoms with Crippen LogP contribution in [0.4, 0.5) is 17.1 Å². The van der Waals surface area contributed by atoms with Crippen molar-refractivity contribution in [3.8, 4) is 0 Å². The summed E-state index contributed by atoms with van der Waals surface area (Å²) in [4.78, 5) is 23.1. The van der Waals surface area contributed by atoms with Crippen LogP contribution >= 0.6 is 27.5 Å². The van der Waals surface area contributed by atoms with Gasteiger partial charge < -0.3 is 5.32 Å². The van der Waals surface area contributed by atoms with Crippen LogP contribution in [0.5, 0.6) is 0 Å². The van der Waals surface area contributed by atoms with Crippen LogP contribution in [0.2, 0.25) is 5.02 Å². The minimum Gasteiger partial charge on any atom is -0.322 e. The largest absolute Gasteiger partial charge is 0.322 e. The quantitative estimate of drug-likeness (QED) is 0.438. The molecule has 0 radical (unpaired) electrons. The first-order valence-electron chi connectivity index (χ1n) is 8.11. The van der Waals surface area contributed by atoms with E-state index >= 15 is 0 Å². The van der Waals surface area contributed by atoms with Gasteiger partial charge in [0.1, 0.15) is 5.69 Å². The number of hydrogen-bond donors (Lipinski definition) is 2. The van der Waals surface area contributed by atoms with Gasteiger partial charge in [0.25, 0.3) is 15.9 Å². The summed E-state index contributed by atoms with van der Waals surface area (Å²) in [5.41, 5.74) is 0.801. The van der Waals surface area contributed by atoms with E-state index in [1.807, 2.05) is 0 Å². The van der Waals surface area contributed by atoms with Crippen molar-refractivity contribution in [2.75, 3.05) is 10.0 Å². The summed E-state index contributed by atoms with van der Waals surface area (Å²) in [6, 6.07) is 16.4. The fourth-order valence-corrected chi connectivity index (χ4v) is 3.97. The van der Waals surface area contributed by atoms with Crippen LogP contribution in [0.1, 0.15) is 10.4 Å². The molecule has 3 aromatic carbocycles. The first-order valence-corrected chi connectivity index (χ1v) is 10.8. The second-order valence-electron chi connectivity index (χ2n) is 5.85. The Morgan fingerprint density at radius 2 is 1.69 bits per heavy atom. The van der Waals surface area contributed by atoms with Gasteiger partial charge in [0.15, 0.2) is 0 Å². The smallest absolute Gasteiger partial charge is 0.261 e. The van der Waals surface area contributed by atoms with Crippen molar-refractivity contribution in [3.63, 3.8) is 0 Å². The van der Waals surface area contributed by atoms with Gasteiger partial charge in [0.2, 0.25) is 0 Å². The molecule has 0 aliphatic carbocycles. The summed E-state index contributed by atoms with van der Waals surface area (Å²) >= 11 is 9.37. The van der Waals surface area contributed by atoms with Gasteiger partial charge in [-0.2, -0.15) is 0 Å². The third-order valence-electron chi connectivity index (χ3n) is 3.80. The fraction of sp³-hybridized carbons (Fsp3) is 0. The molecule has 148 valence electrons. The molecule has 0 saturated carbocycles. The zero-order chi connectivity index (χ0) is 21.0. The molecule has 3 aromatic rings. The molecule has 0 aliphatic rings. The second kappa shape index (κ2) is 8.73. The summed E-state index contributed by atoms with van der Waals surface area (Å²) in [5, 5.41) is 5.45. The summed E-state index contributed by atoms with van der Waals surface area (Å²) in [6.45, 7) is 0. The highest BCUT2D eigenvalue weighted by Crippen LogP contribution is 2.25. The first kappa shape index (κ1) is 21.0. The average Bonchev–Trinajstić information content (AvgIpc) is 2.69. The number of amides is 1. The van der Waals surface area contributed by atoms with E-state index in [-0.39, 0.29) is 21.2 Å². The Hall–Kier alpha value is -2.75. The SMILES string of the molecule is O=Nc1cccc(NC(=O)c2cc(S(=O)(=O)Nc3ccc(Br)cc3)ccc2Cl)c1. The lowest BCUT2D eigenvalue weighted by Gasteiger charge is -2.11. The molecule has 0 fully saturated rings. The first-order chi connectivity index (χ1) is 13.8. The van der Waals surface area contributed by atoms with E-state index in [4.69, 9.17) is 11.6 Å². The van der Waals surface area contributed by atoms with Crippen LogP contribution in [0, 0.1) is 4.91 Å². The molecule has 0 heterocycles. The normalized spacial score (nSPS) is 11.0. The van der Waals surface area contributed by atoms with Crippen molar-refractivity contribution in [3.05, 3.63) is 86.7 Å². The molecule has 0 unspecified atom stereocenters. The van der Waals surface area contributed by atoms with Gasteiger partial charge in [-0.1, -0.05) is 33.6 Å². The van der Waals surface area contributed by atoms with E-state index in [2.05, 4.69) is 31.1 Å². The monoisotopic (exact) mass is 493 g/mol. The number of rotatable bonds is 6. The molecular formula is C19H13BrClN3O4S. The van der Waals surface area contributed by atoms with Crippen molar-refractivity contribution in [2.45, 2.75) is 4.90 Å². The van der Waals surface area contributed by atoms with Crippen LogP contribution in [0.3, 0.4) is 0 Å². The van der Waals surface area contributed by atoms with Gasteiger partial charge in [0.05, 0.1) is 15.5 Å². The number of nitrogens with zero attached hydrogens (tertiary/aromatic N) is 1. The zero-order valence-electron chi connectivity index (χ0n) is 14.6. The number of anilines is 2. The van der Waals surface area contributed by atoms with Gasteiger partial charge in [0, 0.05) is 15.8 Å². The van der Waals surface area contributed by atoms with Gasteiger partial charge in [-0.15, -0.1) is 4.91 Å². The van der Waals surface area contributed by atoms with Gasteiger partial charge >= 0.3 is 0 Å². The number of carbonyl (C=O) groups excluding carboxylic acids is 1. The molecule has 0 aromatic heterocycles. The Bertz CT molecular complexity index is 1180. The lowest BCUT2D eigenvalue weighted by atomic mass is 10.2. The molecule has 2 N–H and O–H groups in total. The molecule has 0 saturated heterocycles. The van der Waals surface area contributed by atoms with E-state index < -0.39 is 15.9 Å². The van der Waals surface area contributed by atoms with Crippen molar-refractivity contribution in [1.82, 2.24) is 0 Å². The van der Waals surface area contributed by atoms with Crippen LogP contribution in [-0.4, -0.2) is 14.3 Å². The number of benzene rings is 3. The Kier molecular flexibility index (Phi) is 6.31. The molecule has 3 rings (SSSR count). The lowest BCUT2D eigenvalue weighted by molar-refractivity contribution is 0.102. The average molecular weight is 495 g/mol. The molecule has 0 atom stereocenters. The summed E-state index contributed by atoms with van der Waals surface area (Å²) in [7, 11) is -3.94. The number of halogens is 2. The van der Waals surface area contributed by atoms with Crippen LogP contribution in [-0.2, 0) is 10.0 Å². The van der Waals surface area contributed by atoms with Gasteiger partial charge in [-0.05, 0) is 65.8 Å². The van der Waals surface area contributed by atoms with Crippen molar-refractivity contribution < 1.29 is 13.2 Å². The standard InChI is InChI=1S/C19H13BrClN3O4S/c20-12-4-6-13(7-5-12)24-29(27,28)16-8-9-18(21)17(11-16)19(25)22-14-2-1-3-15(10-14)23-26/h1-11,24H,(H,22,25). The Labute approximate surface area is 180 Å². The predicted octanol–water partition coefficient (Wildman–Crippen LogP) is 5.55. The molecule has 7 nitrogen and oxygen atoms in total. The number of nitroso groups, excluding NO2 is 1. The Morgan fingerprint density at radius 1 is 0.966 bits per heavy atom. The number of carbonyl (C=O) groups is 1. The maximum atomic E-state index is 12.7. The van der Waals surface area contributed by atoms with E-state index in [0.717, 1.165) is 4.47 Å². The topological polar surface area (TPSA) is 105 Å². The maximum absolute atomic E-state index is 12.7. The van der Waals surface area contributed by atoms with Crippen molar-refractivity contribution >= 4 is 60.5 Å². The third kappa shape index (κ3) is 5.20. The van der Waals surface area contributed by atoms with Gasteiger partial charge in [-0.3, -0.25) is 9.52 Å². The van der Waals surface area contributed by atoms with E-state index in [1.165, 1.54) is 30.3 Å². The summed E-state index contributed by atoms with van der Waals surface area (Å²) in [5.74, 6) is -0.626. The van der Waals surface area contributed by atoms with Crippen molar-refractivity contribution in [1.29, 1.82) is 0 Å². The summed E-state index contributed by atoms with van der Waals surface area (Å²) in [6.07, 6.45) is 0. The number of nitrogens with one attached hydrogen (secondary N) is 2. The van der Waals surface area contributed by atoms with E-state index in [9.17, 15) is 18.1 Å². The van der Waals surface area contributed by atoms with Crippen LogP contribution < -0.4 is 10.0 Å². The highest BCUT2D eigenvalue weighted by molar-refractivity contribution is 9.10. The van der Waals surface area contributed by atoms with Crippen LogP contribution in [0.25, 0.3) is 0 Å². The summed E-state index contributed by atoms with van der Waals surface area (Å²) < 4.78 is 28.6. The number of hydrogen-bond acceptors (Lipinski definition) is 5. The molecule has 0 bridgehead atoms. The highest BCUT2D eigenvalue weighted by Gasteiger charge is 2.19. The zero-order valence-corrected chi connectivity index (χ0v) is 17.8. The molecule has 0 aliphatic heterocycles. The molecule has 29 heavy (non-hydrogen) atoms. The molecule has 0 spiro atoms. The van der Waals surface area contributed by atoms with Crippen LogP contribution in [0.15, 0.2) is 81.3 Å². The predicted molar refractivity (Wildman–Crippen MR) is 116 cm³/mol. The minimum absolute atomic E-state index is 0.0326. The Balaban J connectivity index is 1.87. The number of sulfonamides is 1. The Morgan fingerprint density at radius 3 is 2.38 bits per heavy atom. The lowest BCUT2D eigenvalue weighted by Crippen LogP contribution is -2.16. The van der Waals surface area contributed by atoms with E-state index in [0.29, 0.717) is 11.4 Å². The fourth-order valence-electron chi connectivity index (χ4n) is 2.42. The maximum Gasteiger partial charge on any atom is 0.261 e. The minimum atomic E-state index is -3.94. The van der Waals surface area contributed by atoms with Crippen molar-refractivity contribution in [2.24, 2.45) is 5.18 Å². The molecule has 1 amide bonds.